The van der Waals surface area contributed by atoms with Gasteiger partial charge in [-0.15, -0.1) is 0 Å². The van der Waals surface area contributed by atoms with Gasteiger partial charge in [-0.3, -0.25) is 10.00 Å². The zero-order chi connectivity index (χ0) is 18.4. The lowest BCUT2D eigenvalue weighted by atomic mass is 9.92. The van der Waals surface area contributed by atoms with Gasteiger partial charge >= 0.3 is 0 Å². The molecule has 4 nitrogen and oxygen atoms in total. The van der Waals surface area contributed by atoms with Crippen LogP contribution in [0.15, 0.2) is 54.7 Å². The minimum Gasteiger partial charge on any atom is -0.357 e. The van der Waals surface area contributed by atoms with Crippen LogP contribution in [0, 0.1) is 5.82 Å². The monoisotopic (exact) mass is 380 g/mol. The van der Waals surface area contributed by atoms with Crippen molar-refractivity contribution in [1.29, 1.82) is 0 Å². The molecule has 0 spiro atoms. The van der Waals surface area contributed by atoms with Gasteiger partial charge < -0.3 is 4.98 Å². The summed E-state index contributed by atoms with van der Waals surface area (Å²) in [4.78, 5) is 5.78. The van der Waals surface area contributed by atoms with Crippen LogP contribution >= 0.6 is 11.6 Å². The Labute approximate surface area is 161 Å². The number of para-hydroxylation sites is 1. The number of H-pyrrole nitrogens is 2. The van der Waals surface area contributed by atoms with Crippen LogP contribution in [-0.2, 0) is 13.0 Å². The van der Waals surface area contributed by atoms with Crippen molar-refractivity contribution in [3.63, 3.8) is 0 Å². The number of halogens is 2. The lowest BCUT2D eigenvalue weighted by Crippen LogP contribution is -2.36. The average molecular weight is 381 g/mol. The second-order valence-electron chi connectivity index (χ2n) is 6.90. The van der Waals surface area contributed by atoms with Crippen molar-refractivity contribution < 1.29 is 4.39 Å². The molecule has 0 saturated carbocycles. The van der Waals surface area contributed by atoms with Crippen molar-refractivity contribution in [3.8, 4) is 0 Å². The first-order valence-corrected chi connectivity index (χ1v) is 9.36. The van der Waals surface area contributed by atoms with Crippen molar-refractivity contribution in [2.24, 2.45) is 0 Å². The van der Waals surface area contributed by atoms with E-state index < -0.39 is 0 Å². The van der Waals surface area contributed by atoms with E-state index in [0.29, 0.717) is 17.1 Å². The molecule has 2 N–H and O–H groups in total. The molecule has 0 aliphatic carbocycles. The van der Waals surface area contributed by atoms with E-state index >= 15 is 0 Å². The molecule has 1 aliphatic heterocycles. The Morgan fingerprint density at radius 1 is 1.15 bits per heavy atom. The number of fused-ring (bicyclic) bond motifs is 3. The molecule has 0 fully saturated rings. The molecule has 2 aromatic carbocycles. The quantitative estimate of drug-likeness (QED) is 0.534. The van der Waals surface area contributed by atoms with Crippen molar-refractivity contribution in [1.82, 2.24) is 20.1 Å². The summed E-state index contributed by atoms with van der Waals surface area (Å²) in [6, 6.07) is 14.8. The van der Waals surface area contributed by atoms with Crippen LogP contribution in [0.3, 0.4) is 0 Å². The predicted molar refractivity (Wildman–Crippen MR) is 104 cm³/mol. The maximum Gasteiger partial charge on any atom is 0.129 e. The molecule has 0 radical (unpaired) electrons. The van der Waals surface area contributed by atoms with E-state index in [9.17, 15) is 4.39 Å². The van der Waals surface area contributed by atoms with Crippen LogP contribution in [0.5, 0.6) is 0 Å². The first kappa shape index (κ1) is 16.5. The molecule has 6 heteroatoms. The molecule has 0 unspecified atom stereocenters. The Bertz CT molecular complexity index is 1080. The molecule has 3 heterocycles. The maximum absolute atomic E-state index is 14.9. The smallest absolute Gasteiger partial charge is 0.129 e. The summed E-state index contributed by atoms with van der Waals surface area (Å²) in [5, 5.41) is 8.69. The maximum atomic E-state index is 14.9. The fraction of sp³-hybridized carbons (Fsp3) is 0.190. The predicted octanol–water partition coefficient (Wildman–Crippen LogP) is 4.83. The van der Waals surface area contributed by atoms with E-state index in [4.69, 9.17) is 11.6 Å². The molecule has 1 atom stereocenters. The Morgan fingerprint density at radius 3 is 2.85 bits per heavy atom. The van der Waals surface area contributed by atoms with E-state index in [2.05, 4.69) is 32.2 Å². The van der Waals surface area contributed by atoms with Gasteiger partial charge in [0, 0.05) is 52.2 Å². The molecule has 136 valence electrons. The fourth-order valence-corrected chi connectivity index (χ4v) is 4.42. The highest BCUT2D eigenvalue weighted by Crippen LogP contribution is 2.42. The normalized spacial score (nSPS) is 17.3. The third-order valence-corrected chi connectivity index (χ3v) is 5.67. The lowest BCUT2D eigenvalue weighted by molar-refractivity contribution is 0.196. The number of nitrogens with one attached hydrogen (secondary N) is 2. The molecular formula is C21H18ClFN4. The van der Waals surface area contributed by atoms with E-state index in [1.807, 2.05) is 18.2 Å². The number of hydrogen-bond donors (Lipinski definition) is 2. The van der Waals surface area contributed by atoms with E-state index in [-0.39, 0.29) is 11.9 Å². The highest BCUT2D eigenvalue weighted by Gasteiger charge is 2.34. The first-order chi connectivity index (χ1) is 13.2. The molecule has 1 aliphatic rings. The van der Waals surface area contributed by atoms with Gasteiger partial charge in [-0.2, -0.15) is 5.10 Å². The van der Waals surface area contributed by atoms with E-state index in [0.717, 1.165) is 29.9 Å². The first-order valence-electron chi connectivity index (χ1n) is 8.98. The standard InChI is InChI=1S/C21H18ClFN4/c22-16-5-3-6-17(23)19(16)21-20-15(14-4-1-2-7-18(14)25-20)9-11-27(21)12-13-8-10-24-26-13/h1-8,10,21,25H,9,11-12H2,(H,24,26)/t21-/m1/s1. The van der Waals surface area contributed by atoms with E-state index in [1.54, 1.807) is 18.3 Å². The van der Waals surface area contributed by atoms with Crippen molar-refractivity contribution >= 4 is 22.5 Å². The molecule has 4 aromatic rings. The summed E-state index contributed by atoms with van der Waals surface area (Å²) in [5.74, 6) is -0.284. The number of rotatable bonds is 3. The van der Waals surface area contributed by atoms with Crippen molar-refractivity contribution in [3.05, 3.63) is 88.1 Å². The SMILES string of the molecule is Fc1cccc(Cl)c1[C@@H]1c2[nH]c3ccccc3c2CCN1Cc1ccn[nH]1. The van der Waals surface area contributed by atoms with Crippen LogP contribution in [0.2, 0.25) is 5.02 Å². The Kier molecular flexibility index (Phi) is 3.99. The third kappa shape index (κ3) is 2.74. The van der Waals surface area contributed by atoms with Crippen LogP contribution in [0.4, 0.5) is 4.39 Å². The molecule has 27 heavy (non-hydrogen) atoms. The van der Waals surface area contributed by atoms with Gasteiger partial charge in [-0.05, 0) is 36.2 Å². The zero-order valence-corrected chi connectivity index (χ0v) is 15.3. The lowest BCUT2D eigenvalue weighted by Gasteiger charge is -2.36. The molecule has 2 aromatic heterocycles. The van der Waals surface area contributed by atoms with Gasteiger partial charge in [-0.25, -0.2) is 4.39 Å². The fourth-order valence-electron chi connectivity index (χ4n) is 4.15. The Hall–Kier alpha value is -2.63. The summed E-state index contributed by atoms with van der Waals surface area (Å²) in [5.41, 5.74) is 4.85. The van der Waals surface area contributed by atoms with Crippen molar-refractivity contribution in [2.75, 3.05) is 6.54 Å². The van der Waals surface area contributed by atoms with Gasteiger partial charge in [0.25, 0.3) is 0 Å². The second-order valence-corrected chi connectivity index (χ2v) is 7.31. The minimum absolute atomic E-state index is 0.279. The van der Waals surface area contributed by atoms with Gasteiger partial charge in [0.15, 0.2) is 0 Å². The van der Waals surface area contributed by atoms with Crippen LogP contribution in [0.1, 0.15) is 28.6 Å². The minimum atomic E-state index is -0.284. The topological polar surface area (TPSA) is 47.7 Å². The average Bonchev–Trinajstić information content (AvgIpc) is 3.30. The van der Waals surface area contributed by atoms with Crippen molar-refractivity contribution in [2.45, 2.75) is 19.0 Å². The summed E-state index contributed by atoms with van der Waals surface area (Å²) in [6.07, 6.45) is 2.63. The number of nitrogens with zero attached hydrogens (tertiary/aromatic N) is 2. The number of aromatic amines is 2. The number of benzene rings is 2. The molecule has 0 bridgehead atoms. The molecule has 0 saturated heterocycles. The van der Waals surface area contributed by atoms with E-state index in [1.165, 1.54) is 17.0 Å². The summed E-state index contributed by atoms with van der Waals surface area (Å²) in [7, 11) is 0. The van der Waals surface area contributed by atoms with Gasteiger partial charge in [-0.1, -0.05) is 35.9 Å². The second kappa shape index (κ2) is 6.51. The Morgan fingerprint density at radius 2 is 2.04 bits per heavy atom. The third-order valence-electron chi connectivity index (χ3n) is 5.34. The van der Waals surface area contributed by atoms with Gasteiger partial charge in [0.1, 0.15) is 5.82 Å². The summed E-state index contributed by atoms with van der Waals surface area (Å²) in [6.45, 7) is 1.45. The summed E-state index contributed by atoms with van der Waals surface area (Å²) < 4.78 is 14.9. The number of hydrogen-bond acceptors (Lipinski definition) is 2. The summed E-state index contributed by atoms with van der Waals surface area (Å²) >= 11 is 6.47. The molecule has 0 amide bonds. The zero-order valence-electron chi connectivity index (χ0n) is 14.5. The van der Waals surface area contributed by atoms with Gasteiger partial charge in [0.2, 0.25) is 0 Å². The van der Waals surface area contributed by atoms with Crippen LogP contribution < -0.4 is 0 Å². The van der Waals surface area contributed by atoms with Gasteiger partial charge in [0.05, 0.1) is 6.04 Å². The molecule has 5 rings (SSSR count). The number of aromatic nitrogens is 3. The highest BCUT2D eigenvalue weighted by molar-refractivity contribution is 6.31. The molecular weight excluding hydrogens is 363 g/mol. The van der Waals surface area contributed by atoms with Crippen LogP contribution in [-0.4, -0.2) is 26.6 Å². The highest BCUT2D eigenvalue weighted by atomic mass is 35.5. The Balaban J connectivity index is 1.70. The largest absolute Gasteiger partial charge is 0.357 e. The van der Waals surface area contributed by atoms with Crippen LogP contribution in [0.25, 0.3) is 10.9 Å².